The Balaban J connectivity index is 1.31. The molecule has 0 bridgehead atoms. The van der Waals surface area contributed by atoms with Crippen molar-refractivity contribution >= 4 is 0 Å². The molecule has 4 heterocycles. The Labute approximate surface area is 243 Å². The summed E-state index contributed by atoms with van der Waals surface area (Å²) in [7, 11) is 0. The molecule has 3 aromatic carbocycles. The number of benzene rings is 3. The molecule has 6 nitrogen and oxygen atoms in total. The van der Waals surface area contributed by atoms with Gasteiger partial charge in [0.1, 0.15) is 0 Å². The maximum Gasteiger partial charge on any atom is 0.164 e. The van der Waals surface area contributed by atoms with E-state index in [0.29, 0.717) is 17.5 Å². The van der Waals surface area contributed by atoms with Crippen LogP contribution in [0.2, 0.25) is 0 Å². The van der Waals surface area contributed by atoms with Crippen LogP contribution in [0.25, 0.3) is 68.1 Å². The highest BCUT2D eigenvalue weighted by molar-refractivity contribution is 5.76. The lowest BCUT2D eigenvalue weighted by Gasteiger charge is -2.11. The third kappa shape index (κ3) is 5.29. The zero-order valence-electron chi connectivity index (χ0n) is 22.5. The number of hydrogen-bond donors (Lipinski definition) is 0. The van der Waals surface area contributed by atoms with E-state index in [0.717, 1.165) is 50.6 Å². The van der Waals surface area contributed by atoms with Crippen molar-refractivity contribution in [3.63, 3.8) is 0 Å². The van der Waals surface area contributed by atoms with Gasteiger partial charge in [-0.15, -0.1) is 0 Å². The summed E-state index contributed by atoms with van der Waals surface area (Å²) in [5, 5.41) is 0. The van der Waals surface area contributed by atoms with E-state index < -0.39 is 0 Å². The van der Waals surface area contributed by atoms with Crippen molar-refractivity contribution in [1.29, 1.82) is 0 Å². The largest absolute Gasteiger partial charge is 0.255 e. The highest BCUT2D eigenvalue weighted by Gasteiger charge is 2.14. The van der Waals surface area contributed by atoms with Crippen LogP contribution in [0, 0.1) is 0 Å². The molecule has 7 rings (SSSR count). The summed E-state index contributed by atoms with van der Waals surface area (Å²) in [6.45, 7) is 0. The standard InChI is InChI=1S/C36H24N6/c1-3-11-26(12-4-1)34-40-35(27-13-5-2-6-14-27)42-36(41-34)28-19-17-25(18-20-28)29-23-32(30-15-7-9-21-37-30)39-33(24-29)31-16-8-10-22-38-31/h1-24H. The molecule has 0 radical (unpaired) electrons. The van der Waals surface area contributed by atoms with Crippen molar-refractivity contribution in [3.8, 4) is 68.1 Å². The minimum atomic E-state index is 0.618. The Morgan fingerprint density at radius 3 is 1.12 bits per heavy atom. The average molecular weight is 541 g/mol. The van der Waals surface area contributed by atoms with Crippen LogP contribution in [0.4, 0.5) is 0 Å². The third-order valence-corrected chi connectivity index (χ3v) is 6.86. The molecule has 0 fully saturated rings. The molecule has 42 heavy (non-hydrogen) atoms. The van der Waals surface area contributed by atoms with Crippen LogP contribution in [0.3, 0.4) is 0 Å². The van der Waals surface area contributed by atoms with Crippen LogP contribution in [0.15, 0.2) is 146 Å². The zero-order chi connectivity index (χ0) is 28.1. The molecule has 0 saturated heterocycles. The molecule has 0 N–H and O–H groups in total. The molecule has 0 aliphatic rings. The summed E-state index contributed by atoms with van der Waals surface area (Å²) in [4.78, 5) is 28.5. The lowest BCUT2D eigenvalue weighted by atomic mass is 10.0. The second kappa shape index (κ2) is 11.3. The van der Waals surface area contributed by atoms with Gasteiger partial charge in [0.15, 0.2) is 17.5 Å². The van der Waals surface area contributed by atoms with E-state index in [1.165, 1.54) is 0 Å². The van der Waals surface area contributed by atoms with Gasteiger partial charge in [-0.2, -0.15) is 0 Å². The van der Waals surface area contributed by atoms with Crippen LogP contribution in [-0.2, 0) is 0 Å². The molecular weight excluding hydrogens is 516 g/mol. The molecule has 6 heteroatoms. The molecule has 4 aromatic heterocycles. The van der Waals surface area contributed by atoms with Gasteiger partial charge in [0.25, 0.3) is 0 Å². The maximum absolute atomic E-state index is 4.89. The fourth-order valence-corrected chi connectivity index (χ4v) is 4.74. The molecular formula is C36H24N6. The van der Waals surface area contributed by atoms with Crippen molar-refractivity contribution < 1.29 is 0 Å². The SMILES string of the molecule is c1ccc(-c2nc(-c3ccccc3)nc(-c3ccc(-c4cc(-c5ccccn5)nc(-c5ccccn5)c4)cc3)n2)cc1. The normalized spacial score (nSPS) is 10.9. The van der Waals surface area contributed by atoms with Crippen molar-refractivity contribution in [1.82, 2.24) is 29.9 Å². The van der Waals surface area contributed by atoms with Gasteiger partial charge in [0, 0.05) is 29.1 Å². The van der Waals surface area contributed by atoms with E-state index in [1.54, 1.807) is 12.4 Å². The van der Waals surface area contributed by atoms with Gasteiger partial charge >= 0.3 is 0 Å². The lowest BCUT2D eigenvalue weighted by Crippen LogP contribution is -2.00. The van der Waals surface area contributed by atoms with Gasteiger partial charge in [-0.1, -0.05) is 97.1 Å². The van der Waals surface area contributed by atoms with E-state index in [1.807, 2.05) is 97.1 Å². The predicted molar refractivity (Wildman–Crippen MR) is 166 cm³/mol. The molecule has 0 amide bonds. The first kappa shape index (κ1) is 25.1. The average Bonchev–Trinajstić information content (AvgIpc) is 3.09. The summed E-state index contributed by atoms with van der Waals surface area (Å²) >= 11 is 0. The summed E-state index contributed by atoms with van der Waals surface area (Å²) in [6.07, 6.45) is 3.56. The van der Waals surface area contributed by atoms with Crippen LogP contribution in [0.1, 0.15) is 0 Å². The molecule has 198 valence electrons. The van der Waals surface area contributed by atoms with E-state index in [-0.39, 0.29) is 0 Å². The predicted octanol–water partition coefficient (Wildman–Crippen LogP) is 8.06. The van der Waals surface area contributed by atoms with Crippen LogP contribution in [-0.4, -0.2) is 29.9 Å². The van der Waals surface area contributed by atoms with Crippen molar-refractivity contribution in [2.24, 2.45) is 0 Å². The van der Waals surface area contributed by atoms with Crippen LogP contribution in [0.5, 0.6) is 0 Å². The van der Waals surface area contributed by atoms with Gasteiger partial charge in [0.2, 0.25) is 0 Å². The topological polar surface area (TPSA) is 77.3 Å². The van der Waals surface area contributed by atoms with Gasteiger partial charge in [-0.25, -0.2) is 19.9 Å². The minimum absolute atomic E-state index is 0.618. The fraction of sp³-hybridized carbons (Fsp3) is 0. The highest BCUT2D eigenvalue weighted by atomic mass is 15.0. The Morgan fingerprint density at radius 2 is 0.690 bits per heavy atom. The van der Waals surface area contributed by atoms with Gasteiger partial charge < -0.3 is 0 Å². The summed E-state index contributed by atoms with van der Waals surface area (Å²) in [6, 6.07) is 44.0. The van der Waals surface area contributed by atoms with Gasteiger partial charge in [-0.3, -0.25) is 9.97 Å². The number of pyridine rings is 3. The molecule has 0 saturated carbocycles. The number of rotatable bonds is 6. The monoisotopic (exact) mass is 540 g/mol. The molecule has 0 aliphatic heterocycles. The second-order valence-electron chi connectivity index (χ2n) is 9.67. The quantitative estimate of drug-likeness (QED) is 0.212. The summed E-state index contributed by atoms with van der Waals surface area (Å²) in [5.41, 5.74) is 8.02. The highest BCUT2D eigenvalue weighted by Crippen LogP contribution is 2.31. The van der Waals surface area contributed by atoms with Gasteiger partial charge in [0.05, 0.1) is 22.8 Å². The molecule has 0 atom stereocenters. The smallest absolute Gasteiger partial charge is 0.164 e. The first-order chi connectivity index (χ1) is 20.8. The Kier molecular flexibility index (Phi) is 6.76. The minimum Gasteiger partial charge on any atom is -0.255 e. The first-order valence-corrected chi connectivity index (χ1v) is 13.6. The van der Waals surface area contributed by atoms with E-state index in [4.69, 9.17) is 19.9 Å². The zero-order valence-corrected chi connectivity index (χ0v) is 22.5. The molecule has 0 spiro atoms. The number of hydrogen-bond acceptors (Lipinski definition) is 6. The summed E-state index contributed by atoms with van der Waals surface area (Å²) in [5.74, 6) is 1.89. The Hall–Kier alpha value is -5.88. The lowest BCUT2D eigenvalue weighted by molar-refractivity contribution is 1.07. The molecule has 0 unspecified atom stereocenters. The Bertz CT molecular complexity index is 1680. The van der Waals surface area contributed by atoms with Crippen LogP contribution >= 0.6 is 0 Å². The molecule has 7 aromatic rings. The van der Waals surface area contributed by atoms with Crippen molar-refractivity contribution in [2.75, 3.05) is 0 Å². The van der Waals surface area contributed by atoms with Crippen molar-refractivity contribution in [2.45, 2.75) is 0 Å². The second-order valence-corrected chi connectivity index (χ2v) is 9.67. The summed E-state index contributed by atoms with van der Waals surface area (Å²) < 4.78 is 0. The Morgan fingerprint density at radius 1 is 0.286 bits per heavy atom. The first-order valence-electron chi connectivity index (χ1n) is 13.6. The number of nitrogens with zero attached hydrogens (tertiary/aromatic N) is 6. The van der Waals surface area contributed by atoms with E-state index >= 15 is 0 Å². The number of aromatic nitrogens is 6. The van der Waals surface area contributed by atoms with Gasteiger partial charge in [-0.05, 0) is 47.5 Å². The van der Waals surface area contributed by atoms with Crippen molar-refractivity contribution in [3.05, 3.63) is 146 Å². The van der Waals surface area contributed by atoms with Crippen LogP contribution < -0.4 is 0 Å². The fourth-order valence-electron chi connectivity index (χ4n) is 4.74. The maximum atomic E-state index is 4.89. The molecule has 0 aliphatic carbocycles. The third-order valence-electron chi connectivity index (χ3n) is 6.86. The van der Waals surface area contributed by atoms with E-state index in [2.05, 4.69) is 46.4 Å². The van der Waals surface area contributed by atoms with E-state index in [9.17, 15) is 0 Å².